The number of hydrogen-bond donors (Lipinski definition) is 3. The van der Waals surface area contributed by atoms with E-state index in [1.165, 1.54) is 6.07 Å². The van der Waals surface area contributed by atoms with Crippen molar-refractivity contribution in [2.24, 2.45) is 5.73 Å². The number of benzene rings is 1. The lowest BCUT2D eigenvalue weighted by Crippen LogP contribution is -2.48. The predicted molar refractivity (Wildman–Crippen MR) is 106 cm³/mol. The van der Waals surface area contributed by atoms with Gasteiger partial charge in [0.15, 0.2) is 0 Å². The molecule has 0 fully saturated rings. The third-order valence-electron chi connectivity index (χ3n) is 3.50. The fourth-order valence-corrected chi connectivity index (χ4v) is 3.25. The van der Waals surface area contributed by atoms with Gasteiger partial charge in [-0.2, -0.15) is 0 Å². The number of thiophene rings is 1. The molecule has 5 nitrogen and oxygen atoms in total. The van der Waals surface area contributed by atoms with Crippen LogP contribution in [0.2, 0.25) is 5.02 Å². The number of nitrogens with one attached hydrogen (secondary N) is 2. The van der Waals surface area contributed by atoms with Gasteiger partial charge in [0.25, 0.3) is 11.8 Å². The Balaban J connectivity index is 0.00000338. The standard InChI is InChI=1S/C17H19ClFN3O2S.ClH/c1-9-6-13(25-14(9)16(24)22-17(2,3)8-20)21-15(23)11-5-4-10(19)7-12(11)18;/h4-7H,8,20H2,1-3H3,(H,21,23)(H,22,24);1H. The second-order valence-corrected chi connectivity index (χ2v) is 7.70. The van der Waals surface area contributed by atoms with Gasteiger partial charge in [0.05, 0.1) is 20.5 Å². The molecule has 0 radical (unpaired) electrons. The third kappa shape index (κ3) is 5.41. The van der Waals surface area contributed by atoms with Crippen LogP contribution < -0.4 is 16.4 Å². The van der Waals surface area contributed by atoms with E-state index in [9.17, 15) is 14.0 Å². The first kappa shape index (κ1) is 22.4. The molecule has 2 amide bonds. The number of carbonyl (C=O) groups is 2. The molecular weight excluding hydrogens is 400 g/mol. The van der Waals surface area contributed by atoms with Gasteiger partial charge < -0.3 is 16.4 Å². The van der Waals surface area contributed by atoms with Crippen LogP contribution in [-0.2, 0) is 0 Å². The zero-order valence-corrected chi connectivity index (χ0v) is 16.9. The van der Waals surface area contributed by atoms with Gasteiger partial charge in [-0.15, -0.1) is 23.7 Å². The van der Waals surface area contributed by atoms with Crippen LogP contribution in [0.1, 0.15) is 39.4 Å². The smallest absolute Gasteiger partial charge is 0.262 e. The maximum Gasteiger partial charge on any atom is 0.262 e. The molecule has 0 unspecified atom stereocenters. The number of hydrogen-bond acceptors (Lipinski definition) is 4. The topological polar surface area (TPSA) is 84.2 Å². The van der Waals surface area contributed by atoms with Crippen LogP contribution in [0, 0.1) is 12.7 Å². The lowest BCUT2D eigenvalue weighted by molar-refractivity contribution is 0.0918. The molecule has 0 bridgehead atoms. The molecule has 2 aromatic rings. The molecule has 4 N–H and O–H groups in total. The van der Waals surface area contributed by atoms with E-state index >= 15 is 0 Å². The fraction of sp³-hybridized carbons (Fsp3) is 0.294. The molecular formula is C17H20Cl2FN3O2S. The molecule has 0 aliphatic rings. The summed E-state index contributed by atoms with van der Waals surface area (Å²) in [6, 6.07) is 5.24. The Bertz CT molecular complexity index is 824. The number of carbonyl (C=O) groups excluding carboxylic acids is 2. The van der Waals surface area contributed by atoms with Crippen molar-refractivity contribution >= 4 is 52.2 Å². The van der Waals surface area contributed by atoms with Crippen LogP contribution in [0.3, 0.4) is 0 Å². The Hall–Kier alpha value is -1.67. The summed E-state index contributed by atoms with van der Waals surface area (Å²) in [6.07, 6.45) is 0. The Labute approximate surface area is 166 Å². The molecule has 0 saturated carbocycles. The van der Waals surface area contributed by atoms with Crippen molar-refractivity contribution in [3.63, 3.8) is 0 Å². The minimum Gasteiger partial charge on any atom is -0.345 e. The number of amides is 2. The number of anilines is 1. The van der Waals surface area contributed by atoms with Gasteiger partial charge in [-0.1, -0.05) is 11.6 Å². The van der Waals surface area contributed by atoms with E-state index in [0.717, 1.165) is 29.0 Å². The second-order valence-electron chi connectivity index (χ2n) is 6.24. The Morgan fingerprint density at radius 2 is 1.92 bits per heavy atom. The number of halogens is 3. The lowest BCUT2D eigenvalue weighted by atomic mass is 10.1. The average Bonchev–Trinajstić information content (AvgIpc) is 2.87. The summed E-state index contributed by atoms with van der Waals surface area (Å²) in [5.74, 6) is -1.24. The maximum atomic E-state index is 13.1. The van der Waals surface area contributed by atoms with Gasteiger partial charge in [-0.25, -0.2) is 4.39 Å². The first-order valence-corrected chi connectivity index (χ1v) is 8.72. The highest BCUT2D eigenvalue weighted by molar-refractivity contribution is 7.18. The molecule has 1 heterocycles. The third-order valence-corrected chi connectivity index (χ3v) is 4.96. The van der Waals surface area contributed by atoms with Crippen LogP contribution in [0.5, 0.6) is 0 Å². The molecule has 9 heteroatoms. The highest BCUT2D eigenvalue weighted by Crippen LogP contribution is 2.28. The average molecular weight is 420 g/mol. The number of rotatable bonds is 5. The van der Waals surface area contributed by atoms with E-state index < -0.39 is 17.3 Å². The zero-order valence-electron chi connectivity index (χ0n) is 14.5. The Morgan fingerprint density at radius 3 is 2.50 bits per heavy atom. The van der Waals surface area contributed by atoms with Gasteiger partial charge in [0.2, 0.25) is 0 Å². The van der Waals surface area contributed by atoms with E-state index in [-0.39, 0.29) is 28.9 Å². The quantitative estimate of drug-likeness (QED) is 0.684. The Kier molecular flexibility index (Phi) is 7.58. The van der Waals surface area contributed by atoms with Gasteiger partial charge in [0.1, 0.15) is 5.82 Å². The highest BCUT2D eigenvalue weighted by Gasteiger charge is 2.22. The van der Waals surface area contributed by atoms with Crippen LogP contribution >= 0.6 is 35.3 Å². The van der Waals surface area contributed by atoms with Crippen LogP contribution in [-0.4, -0.2) is 23.9 Å². The summed E-state index contributed by atoms with van der Waals surface area (Å²) in [6.45, 7) is 5.73. The van der Waals surface area contributed by atoms with Crippen molar-refractivity contribution in [2.45, 2.75) is 26.3 Å². The number of aryl methyl sites for hydroxylation is 1. The fourth-order valence-electron chi connectivity index (χ4n) is 2.04. The summed E-state index contributed by atoms with van der Waals surface area (Å²) in [4.78, 5) is 25.1. The summed E-state index contributed by atoms with van der Waals surface area (Å²) < 4.78 is 13.1. The van der Waals surface area contributed by atoms with Gasteiger partial charge in [-0.05, 0) is 50.6 Å². The summed E-state index contributed by atoms with van der Waals surface area (Å²) in [5.41, 5.74) is 5.98. The summed E-state index contributed by atoms with van der Waals surface area (Å²) in [5, 5.41) is 6.05. The minimum absolute atomic E-state index is 0. The van der Waals surface area contributed by atoms with E-state index in [1.807, 2.05) is 13.8 Å². The predicted octanol–water partition coefficient (Wildman–Crippen LogP) is 3.99. The molecule has 0 saturated heterocycles. The summed E-state index contributed by atoms with van der Waals surface area (Å²) in [7, 11) is 0. The van der Waals surface area contributed by atoms with Gasteiger partial charge in [-0.3, -0.25) is 9.59 Å². The molecule has 2 rings (SSSR count). The SMILES string of the molecule is Cc1cc(NC(=O)c2ccc(F)cc2Cl)sc1C(=O)NC(C)(C)CN.Cl. The molecule has 0 aliphatic carbocycles. The highest BCUT2D eigenvalue weighted by atomic mass is 35.5. The van der Waals surface area contributed by atoms with E-state index in [4.69, 9.17) is 17.3 Å². The number of nitrogens with two attached hydrogens (primary N) is 1. The van der Waals surface area contributed by atoms with Crippen molar-refractivity contribution in [2.75, 3.05) is 11.9 Å². The van der Waals surface area contributed by atoms with Crippen molar-refractivity contribution in [1.29, 1.82) is 0 Å². The van der Waals surface area contributed by atoms with Crippen molar-refractivity contribution in [1.82, 2.24) is 5.32 Å². The summed E-state index contributed by atoms with van der Waals surface area (Å²) >= 11 is 7.04. The molecule has 0 atom stereocenters. The van der Waals surface area contributed by atoms with Crippen LogP contribution in [0.25, 0.3) is 0 Å². The Morgan fingerprint density at radius 1 is 1.27 bits per heavy atom. The lowest BCUT2D eigenvalue weighted by Gasteiger charge is -2.23. The maximum absolute atomic E-state index is 13.1. The molecule has 142 valence electrons. The van der Waals surface area contributed by atoms with Crippen LogP contribution in [0.4, 0.5) is 9.39 Å². The van der Waals surface area contributed by atoms with E-state index in [1.54, 1.807) is 13.0 Å². The van der Waals surface area contributed by atoms with Crippen molar-refractivity contribution in [3.8, 4) is 0 Å². The van der Waals surface area contributed by atoms with E-state index in [2.05, 4.69) is 10.6 Å². The minimum atomic E-state index is -0.529. The molecule has 26 heavy (non-hydrogen) atoms. The first-order valence-electron chi connectivity index (χ1n) is 7.52. The zero-order chi connectivity index (χ0) is 18.8. The van der Waals surface area contributed by atoms with Crippen LogP contribution in [0.15, 0.2) is 24.3 Å². The second kappa shape index (κ2) is 8.81. The van der Waals surface area contributed by atoms with Crippen molar-refractivity contribution in [3.05, 3.63) is 51.1 Å². The first-order chi connectivity index (χ1) is 11.6. The van der Waals surface area contributed by atoms with Gasteiger partial charge in [0, 0.05) is 12.1 Å². The van der Waals surface area contributed by atoms with Crippen molar-refractivity contribution < 1.29 is 14.0 Å². The molecule has 0 spiro atoms. The monoisotopic (exact) mass is 419 g/mol. The molecule has 1 aromatic heterocycles. The normalized spacial score (nSPS) is 10.8. The van der Waals surface area contributed by atoms with E-state index in [0.29, 0.717) is 16.4 Å². The largest absolute Gasteiger partial charge is 0.345 e. The molecule has 0 aliphatic heterocycles. The molecule has 1 aromatic carbocycles. The van der Waals surface area contributed by atoms with Gasteiger partial charge >= 0.3 is 0 Å².